The Hall–Kier alpha value is -1.28. The highest BCUT2D eigenvalue weighted by atomic mass is 127. The van der Waals surface area contributed by atoms with Crippen LogP contribution in [0.5, 0.6) is 23.0 Å². The molecule has 0 aliphatic rings. The monoisotopic (exact) mass is 492 g/mol. The van der Waals surface area contributed by atoms with Crippen molar-refractivity contribution in [3.8, 4) is 23.0 Å². The fraction of sp³-hybridized carbons (Fsp3) is 0.333. The smallest absolute Gasteiger partial charge is 0.362 e. The van der Waals surface area contributed by atoms with Crippen molar-refractivity contribution in [3.05, 3.63) is 45.0 Å². The summed E-state index contributed by atoms with van der Waals surface area (Å²) >= 11 is 2.09. The van der Waals surface area contributed by atoms with Crippen LogP contribution in [0, 0.1) is 10.5 Å². The Morgan fingerprint density at radius 1 is 1.19 bits per heavy atom. The number of halogens is 1. The highest BCUT2D eigenvalue weighted by Crippen LogP contribution is 2.39. The van der Waals surface area contributed by atoms with Gasteiger partial charge in [0.2, 0.25) is 0 Å². The predicted octanol–water partition coefficient (Wildman–Crippen LogP) is 5.13. The molecule has 26 heavy (non-hydrogen) atoms. The van der Waals surface area contributed by atoms with Crippen molar-refractivity contribution in [3.63, 3.8) is 0 Å². The SMILES string of the molecule is CCC(C)c1cc(Oc2c(C)cc(OCP(=O)(O)O)cc2I)ccc1O. The lowest BCUT2D eigenvalue weighted by molar-refractivity contribution is 0.300. The topological polar surface area (TPSA) is 96.2 Å². The fourth-order valence-corrected chi connectivity index (χ4v) is 3.56. The van der Waals surface area contributed by atoms with E-state index in [9.17, 15) is 9.67 Å². The minimum absolute atomic E-state index is 0.210. The first-order valence-electron chi connectivity index (χ1n) is 8.09. The van der Waals surface area contributed by atoms with Crippen LogP contribution in [-0.4, -0.2) is 21.2 Å². The van der Waals surface area contributed by atoms with Crippen LogP contribution in [0.25, 0.3) is 0 Å². The van der Waals surface area contributed by atoms with Gasteiger partial charge in [0.1, 0.15) is 23.0 Å². The van der Waals surface area contributed by atoms with Crippen LogP contribution in [0.2, 0.25) is 0 Å². The molecule has 0 saturated heterocycles. The molecule has 2 rings (SSSR count). The number of hydrogen-bond donors (Lipinski definition) is 3. The largest absolute Gasteiger partial charge is 0.508 e. The fourth-order valence-electron chi connectivity index (χ4n) is 2.40. The standard InChI is InChI=1S/C18H22IO6P/c1-4-11(2)15-8-13(5-6-17(15)20)25-18-12(3)7-14(9-16(18)19)24-10-26(21,22)23/h5-9,11,20H,4,10H2,1-3H3,(H2,21,22,23). The van der Waals surface area contributed by atoms with Crippen LogP contribution in [0.3, 0.4) is 0 Å². The average Bonchev–Trinajstić information content (AvgIpc) is 2.56. The summed E-state index contributed by atoms with van der Waals surface area (Å²) in [5.41, 5.74) is 1.61. The first kappa shape index (κ1) is 21.0. The molecular weight excluding hydrogens is 470 g/mol. The summed E-state index contributed by atoms with van der Waals surface area (Å²) in [5.74, 6) is 2.08. The second-order valence-electron chi connectivity index (χ2n) is 6.12. The molecule has 6 nitrogen and oxygen atoms in total. The van der Waals surface area contributed by atoms with Crippen LogP contribution in [0.15, 0.2) is 30.3 Å². The molecular formula is C18H22IO6P. The zero-order chi connectivity index (χ0) is 19.5. The lowest BCUT2D eigenvalue weighted by Gasteiger charge is -2.16. The zero-order valence-corrected chi connectivity index (χ0v) is 17.8. The molecule has 0 bridgehead atoms. The van der Waals surface area contributed by atoms with Gasteiger partial charge in [-0.15, -0.1) is 0 Å². The van der Waals surface area contributed by atoms with E-state index in [1.807, 2.05) is 19.9 Å². The maximum Gasteiger partial charge on any atom is 0.362 e. The average molecular weight is 492 g/mol. The summed E-state index contributed by atoms with van der Waals surface area (Å²) in [6.45, 7) is 5.93. The second kappa shape index (κ2) is 8.61. The van der Waals surface area contributed by atoms with Gasteiger partial charge >= 0.3 is 7.60 Å². The van der Waals surface area contributed by atoms with Gasteiger partial charge < -0.3 is 24.4 Å². The third kappa shape index (κ3) is 5.61. The van der Waals surface area contributed by atoms with E-state index in [-0.39, 0.29) is 11.7 Å². The third-order valence-electron chi connectivity index (χ3n) is 3.96. The van der Waals surface area contributed by atoms with E-state index in [2.05, 4.69) is 29.5 Å². The van der Waals surface area contributed by atoms with Crippen molar-refractivity contribution >= 4 is 30.2 Å². The van der Waals surface area contributed by atoms with Gasteiger partial charge in [-0.25, -0.2) is 0 Å². The number of aryl methyl sites for hydroxylation is 1. The lowest BCUT2D eigenvalue weighted by Crippen LogP contribution is -2.00. The van der Waals surface area contributed by atoms with Gasteiger partial charge in [-0.3, -0.25) is 4.57 Å². The number of aromatic hydroxyl groups is 1. The molecule has 2 aromatic rings. The number of rotatable bonds is 7. The molecule has 0 saturated carbocycles. The van der Waals surface area contributed by atoms with Crippen LogP contribution in [0.1, 0.15) is 37.3 Å². The molecule has 0 aliphatic heterocycles. The molecule has 8 heteroatoms. The molecule has 0 aromatic heterocycles. The van der Waals surface area contributed by atoms with Crippen molar-refractivity contribution in [1.82, 2.24) is 0 Å². The minimum Gasteiger partial charge on any atom is -0.508 e. The van der Waals surface area contributed by atoms with Gasteiger partial charge in [0.05, 0.1) is 3.57 Å². The molecule has 3 N–H and O–H groups in total. The van der Waals surface area contributed by atoms with E-state index in [0.717, 1.165) is 21.1 Å². The number of phenols is 1. The Morgan fingerprint density at radius 2 is 1.88 bits per heavy atom. The van der Waals surface area contributed by atoms with Crippen LogP contribution in [0.4, 0.5) is 0 Å². The summed E-state index contributed by atoms with van der Waals surface area (Å²) < 4.78 is 22.9. The molecule has 0 heterocycles. The Balaban J connectivity index is 2.26. The summed E-state index contributed by atoms with van der Waals surface area (Å²) in [6, 6.07) is 8.49. The Kier molecular flexibility index (Phi) is 6.96. The van der Waals surface area contributed by atoms with Gasteiger partial charge in [0.25, 0.3) is 0 Å². The first-order chi connectivity index (χ1) is 12.1. The van der Waals surface area contributed by atoms with E-state index >= 15 is 0 Å². The molecule has 1 atom stereocenters. The summed E-state index contributed by atoms with van der Waals surface area (Å²) in [7, 11) is -4.23. The maximum absolute atomic E-state index is 10.9. The molecule has 0 radical (unpaired) electrons. The van der Waals surface area contributed by atoms with E-state index in [1.54, 1.807) is 24.3 Å². The van der Waals surface area contributed by atoms with E-state index in [4.69, 9.17) is 19.3 Å². The van der Waals surface area contributed by atoms with E-state index in [0.29, 0.717) is 17.2 Å². The normalized spacial score (nSPS) is 12.7. The Bertz CT molecular complexity index is 809. The van der Waals surface area contributed by atoms with Crippen molar-refractivity contribution in [2.24, 2.45) is 0 Å². The molecule has 2 aromatic carbocycles. The number of ether oxygens (including phenoxy) is 2. The summed E-state index contributed by atoms with van der Waals surface area (Å²) in [5, 5.41) is 10.0. The van der Waals surface area contributed by atoms with E-state index < -0.39 is 13.9 Å². The van der Waals surface area contributed by atoms with E-state index in [1.165, 1.54) is 0 Å². The molecule has 0 amide bonds. The van der Waals surface area contributed by atoms with Gasteiger partial charge in [-0.05, 0) is 77.7 Å². The van der Waals surface area contributed by atoms with Crippen molar-refractivity contribution in [1.29, 1.82) is 0 Å². The Labute approximate surface area is 166 Å². The highest BCUT2D eigenvalue weighted by molar-refractivity contribution is 14.1. The summed E-state index contributed by atoms with van der Waals surface area (Å²) in [4.78, 5) is 17.8. The van der Waals surface area contributed by atoms with Gasteiger partial charge in [0, 0.05) is 5.56 Å². The molecule has 0 fully saturated rings. The molecule has 142 valence electrons. The van der Waals surface area contributed by atoms with Gasteiger partial charge in [-0.1, -0.05) is 13.8 Å². The van der Waals surface area contributed by atoms with Crippen molar-refractivity contribution in [2.45, 2.75) is 33.1 Å². The number of benzene rings is 2. The summed E-state index contributed by atoms with van der Waals surface area (Å²) in [6.07, 6.45) is 0.234. The van der Waals surface area contributed by atoms with Crippen LogP contribution >= 0.6 is 30.2 Å². The van der Waals surface area contributed by atoms with Crippen LogP contribution < -0.4 is 9.47 Å². The first-order valence-corrected chi connectivity index (χ1v) is 11.0. The van der Waals surface area contributed by atoms with Crippen molar-refractivity contribution in [2.75, 3.05) is 6.35 Å². The molecule has 1 unspecified atom stereocenters. The maximum atomic E-state index is 10.9. The third-order valence-corrected chi connectivity index (χ3v) is 5.23. The number of hydrogen-bond acceptors (Lipinski definition) is 4. The second-order valence-corrected chi connectivity index (χ2v) is 8.87. The van der Waals surface area contributed by atoms with Crippen LogP contribution in [-0.2, 0) is 4.57 Å². The highest BCUT2D eigenvalue weighted by Gasteiger charge is 2.16. The number of phenolic OH excluding ortho intramolecular Hbond substituents is 1. The lowest BCUT2D eigenvalue weighted by atomic mass is 9.97. The zero-order valence-electron chi connectivity index (χ0n) is 14.8. The minimum atomic E-state index is -4.23. The van der Waals surface area contributed by atoms with Gasteiger partial charge in [-0.2, -0.15) is 0 Å². The quantitative estimate of drug-likeness (QED) is 0.367. The van der Waals surface area contributed by atoms with Crippen molar-refractivity contribution < 1.29 is 28.9 Å². The predicted molar refractivity (Wildman–Crippen MR) is 108 cm³/mol. The Morgan fingerprint density at radius 3 is 2.46 bits per heavy atom. The molecule has 0 spiro atoms. The van der Waals surface area contributed by atoms with Gasteiger partial charge in [0.15, 0.2) is 6.35 Å². The molecule has 0 aliphatic carbocycles.